The van der Waals surface area contributed by atoms with Crippen LogP contribution in [0.5, 0.6) is 0 Å². The summed E-state index contributed by atoms with van der Waals surface area (Å²) >= 11 is 0. The molecule has 0 aromatic rings. The second-order valence-electron chi connectivity index (χ2n) is 6.27. The van der Waals surface area contributed by atoms with Crippen LogP contribution in [0.1, 0.15) is 32.6 Å². The summed E-state index contributed by atoms with van der Waals surface area (Å²) in [6, 6.07) is 0.123. The Balaban J connectivity index is 1.95. The van der Waals surface area contributed by atoms with E-state index in [-0.39, 0.29) is 17.9 Å². The Morgan fingerprint density at radius 3 is 2.33 bits per heavy atom. The number of carbonyl (C=O) groups excluding carboxylic acids is 1. The minimum absolute atomic E-state index is 0.106. The molecule has 2 aliphatic heterocycles. The zero-order chi connectivity index (χ0) is 15.6. The van der Waals surface area contributed by atoms with Crippen molar-refractivity contribution in [3.63, 3.8) is 0 Å². The molecule has 2 unspecified atom stereocenters. The summed E-state index contributed by atoms with van der Waals surface area (Å²) in [5, 5.41) is 5.12. The van der Waals surface area contributed by atoms with Gasteiger partial charge in [-0.05, 0) is 31.6 Å². The second-order valence-corrected chi connectivity index (χ2v) is 7.82. The molecule has 2 saturated heterocycles. The third kappa shape index (κ3) is 3.94. The summed E-state index contributed by atoms with van der Waals surface area (Å²) in [4.78, 5) is 14.6. The van der Waals surface area contributed by atoms with E-state index in [1.165, 1.54) is 4.31 Å². The molecule has 0 bridgehead atoms. The fourth-order valence-electron chi connectivity index (χ4n) is 3.36. The highest BCUT2D eigenvalue weighted by molar-refractivity contribution is 7.86. The van der Waals surface area contributed by atoms with E-state index in [9.17, 15) is 13.2 Å². The second kappa shape index (κ2) is 6.60. The number of nitrogens with zero attached hydrogens (tertiary/aromatic N) is 2. The van der Waals surface area contributed by atoms with Gasteiger partial charge in [-0.15, -0.1) is 0 Å². The predicted octanol–water partition coefficient (Wildman–Crippen LogP) is -0.512. The van der Waals surface area contributed by atoms with Crippen LogP contribution in [0, 0.1) is 11.8 Å². The highest BCUT2D eigenvalue weighted by atomic mass is 32.2. The molecular weight excluding hydrogens is 292 g/mol. The Hall–Kier alpha value is -0.700. The van der Waals surface area contributed by atoms with E-state index >= 15 is 0 Å². The van der Waals surface area contributed by atoms with Gasteiger partial charge in [0, 0.05) is 38.1 Å². The Bertz CT molecular complexity index is 474. The van der Waals surface area contributed by atoms with Crippen LogP contribution in [0.15, 0.2) is 0 Å². The minimum atomic E-state index is -3.63. The fraction of sp³-hybridized carbons (Fsp3) is 0.923. The lowest BCUT2D eigenvalue weighted by Crippen LogP contribution is -2.53. The molecule has 8 heteroatoms. The van der Waals surface area contributed by atoms with Gasteiger partial charge in [-0.2, -0.15) is 12.7 Å². The average Bonchev–Trinajstić information content (AvgIpc) is 2.45. The molecule has 0 radical (unpaired) electrons. The van der Waals surface area contributed by atoms with E-state index in [1.807, 2.05) is 4.90 Å². The van der Waals surface area contributed by atoms with Gasteiger partial charge in [-0.1, -0.05) is 6.92 Å². The number of likely N-dealkylation sites (tertiary alicyclic amines) is 1. The van der Waals surface area contributed by atoms with Crippen LogP contribution in [-0.2, 0) is 15.0 Å². The molecule has 2 heterocycles. The lowest BCUT2D eigenvalue weighted by molar-refractivity contribution is -0.141. The van der Waals surface area contributed by atoms with Crippen molar-refractivity contribution in [1.29, 1.82) is 0 Å². The summed E-state index contributed by atoms with van der Waals surface area (Å²) in [7, 11) is -3.63. The standard InChI is InChI=1S/C13H26N4O3S/c1-10-2-7-17(12(8-10)9-14)13(18)11-3-5-16(6-4-11)21(15,19)20/h10-12H,2-9,14H2,1H3,(H2,15,19,20). The minimum Gasteiger partial charge on any atom is -0.338 e. The number of hydrogen-bond donors (Lipinski definition) is 2. The van der Waals surface area contributed by atoms with E-state index in [2.05, 4.69) is 6.92 Å². The van der Waals surface area contributed by atoms with Crippen LogP contribution in [0.25, 0.3) is 0 Å². The number of amides is 1. The van der Waals surface area contributed by atoms with Crippen LogP contribution < -0.4 is 10.9 Å². The molecule has 0 aromatic carbocycles. The zero-order valence-electron chi connectivity index (χ0n) is 12.6. The normalized spacial score (nSPS) is 29.6. The molecule has 0 aromatic heterocycles. The van der Waals surface area contributed by atoms with Crippen LogP contribution in [-0.4, -0.2) is 55.8 Å². The van der Waals surface area contributed by atoms with Crippen molar-refractivity contribution >= 4 is 16.1 Å². The molecular formula is C13H26N4O3S. The highest BCUT2D eigenvalue weighted by Crippen LogP contribution is 2.27. The van der Waals surface area contributed by atoms with E-state index in [1.54, 1.807) is 0 Å². The largest absolute Gasteiger partial charge is 0.338 e. The Morgan fingerprint density at radius 2 is 1.81 bits per heavy atom. The van der Waals surface area contributed by atoms with Gasteiger partial charge in [-0.25, -0.2) is 5.14 Å². The number of rotatable bonds is 3. The van der Waals surface area contributed by atoms with Gasteiger partial charge in [0.15, 0.2) is 0 Å². The van der Waals surface area contributed by atoms with Crippen molar-refractivity contribution in [1.82, 2.24) is 9.21 Å². The molecule has 2 fully saturated rings. The number of hydrogen-bond acceptors (Lipinski definition) is 4. The first-order valence-corrected chi connectivity index (χ1v) is 9.11. The van der Waals surface area contributed by atoms with Gasteiger partial charge in [0.05, 0.1) is 0 Å². The molecule has 0 saturated carbocycles. The molecule has 21 heavy (non-hydrogen) atoms. The topological polar surface area (TPSA) is 110 Å². The number of piperidine rings is 2. The van der Waals surface area contributed by atoms with E-state index in [4.69, 9.17) is 10.9 Å². The molecule has 1 amide bonds. The van der Waals surface area contributed by atoms with Crippen LogP contribution in [0.2, 0.25) is 0 Å². The third-order valence-corrected chi connectivity index (χ3v) is 5.78. The number of carbonyl (C=O) groups is 1. The van der Waals surface area contributed by atoms with Gasteiger partial charge in [-0.3, -0.25) is 4.79 Å². The summed E-state index contributed by atoms with van der Waals surface area (Å²) < 4.78 is 23.8. The first-order chi connectivity index (χ1) is 9.82. The molecule has 2 atom stereocenters. The van der Waals surface area contributed by atoms with E-state index in [0.717, 1.165) is 19.4 Å². The monoisotopic (exact) mass is 318 g/mol. The molecule has 0 aliphatic carbocycles. The average molecular weight is 318 g/mol. The molecule has 122 valence electrons. The van der Waals surface area contributed by atoms with Crippen molar-refractivity contribution in [2.75, 3.05) is 26.2 Å². The SMILES string of the molecule is CC1CCN(C(=O)C2CCN(S(N)(=O)=O)CC2)C(CN)C1. The maximum atomic E-state index is 12.7. The van der Waals surface area contributed by atoms with Gasteiger partial charge in [0.1, 0.15) is 0 Å². The predicted molar refractivity (Wildman–Crippen MR) is 80.4 cm³/mol. The Labute approximate surface area is 126 Å². The van der Waals surface area contributed by atoms with Crippen molar-refractivity contribution in [2.45, 2.75) is 38.6 Å². The maximum Gasteiger partial charge on any atom is 0.276 e. The molecule has 7 nitrogen and oxygen atoms in total. The highest BCUT2D eigenvalue weighted by Gasteiger charge is 2.35. The lowest BCUT2D eigenvalue weighted by Gasteiger charge is -2.41. The summed E-state index contributed by atoms with van der Waals surface area (Å²) in [5.41, 5.74) is 5.80. The van der Waals surface area contributed by atoms with E-state index in [0.29, 0.717) is 38.4 Å². The van der Waals surface area contributed by atoms with Crippen LogP contribution >= 0.6 is 0 Å². The quantitative estimate of drug-likeness (QED) is 0.730. The van der Waals surface area contributed by atoms with Gasteiger partial charge >= 0.3 is 0 Å². The van der Waals surface area contributed by atoms with Crippen molar-refractivity contribution < 1.29 is 13.2 Å². The van der Waals surface area contributed by atoms with E-state index < -0.39 is 10.2 Å². The maximum absolute atomic E-state index is 12.7. The van der Waals surface area contributed by atoms with Crippen molar-refractivity contribution in [3.05, 3.63) is 0 Å². The van der Waals surface area contributed by atoms with Crippen LogP contribution in [0.4, 0.5) is 0 Å². The first-order valence-electron chi connectivity index (χ1n) is 7.61. The summed E-state index contributed by atoms with van der Waals surface area (Å²) in [6.45, 7) is 4.10. The van der Waals surface area contributed by atoms with Gasteiger partial charge in [0.2, 0.25) is 5.91 Å². The van der Waals surface area contributed by atoms with Crippen LogP contribution in [0.3, 0.4) is 0 Å². The molecule has 0 spiro atoms. The summed E-state index contributed by atoms with van der Waals surface area (Å²) in [5.74, 6) is 0.628. The third-order valence-electron chi connectivity index (χ3n) is 4.70. The molecule has 4 N–H and O–H groups in total. The first kappa shape index (κ1) is 16.7. The smallest absolute Gasteiger partial charge is 0.276 e. The fourth-order valence-corrected chi connectivity index (χ4v) is 4.08. The summed E-state index contributed by atoms with van der Waals surface area (Å²) in [6.07, 6.45) is 3.05. The van der Waals surface area contributed by atoms with Gasteiger partial charge < -0.3 is 10.6 Å². The van der Waals surface area contributed by atoms with Gasteiger partial charge in [0.25, 0.3) is 10.2 Å². The molecule has 2 aliphatic rings. The number of nitrogens with two attached hydrogens (primary N) is 2. The zero-order valence-corrected chi connectivity index (χ0v) is 13.4. The Kier molecular flexibility index (Phi) is 5.24. The Morgan fingerprint density at radius 1 is 1.19 bits per heavy atom. The molecule has 2 rings (SSSR count). The van der Waals surface area contributed by atoms with Crippen molar-refractivity contribution in [3.8, 4) is 0 Å². The van der Waals surface area contributed by atoms with Crippen molar-refractivity contribution in [2.24, 2.45) is 22.7 Å². The lowest BCUT2D eigenvalue weighted by atomic mass is 9.89.